The maximum Gasteiger partial charge on any atom is 0.255 e. The Kier molecular flexibility index (Phi) is 4.57. The van der Waals surface area contributed by atoms with E-state index in [0.717, 1.165) is 17.8 Å². The minimum Gasteiger partial charge on any atom is -0.385 e. The van der Waals surface area contributed by atoms with Crippen molar-refractivity contribution in [3.8, 4) is 6.07 Å². The highest BCUT2D eigenvalue weighted by Gasteiger charge is 2.08. The molecule has 4 heteroatoms. The van der Waals surface area contributed by atoms with Crippen molar-refractivity contribution in [1.82, 2.24) is 0 Å². The van der Waals surface area contributed by atoms with Gasteiger partial charge in [0.1, 0.15) is 0 Å². The second-order valence-corrected chi connectivity index (χ2v) is 4.70. The van der Waals surface area contributed by atoms with Gasteiger partial charge in [-0.15, -0.1) is 0 Å². The Balaban J connectivity index is 2.12. The zero-order valence-corrected chi connectivity index (χ0v) is 12.1. The van der Waals surface area contributed by atoms with E-state index in [0.29, 0.717) is 16.8 Å². The van der Waals surface area contributed by atoms with Gasteiger partial charge in [0.25, 0.3) is 5.91 Å². The number of nitriles is 1. The first-order valence-electron chi connectivity index (χ1n) is 6.80. The number of carbonyl (C=O) groups excluding carboxylic acids is 1. The topological polar surface area (TPSA) is 64.9 Å². The van der Waals surface area contributed by atoms with Gasteiger partial charge in [0, 0.05) is 23.5 Å². The smallest absolute Gasteiger partial charge is 0.255 e. The van der Waals surface area contributed by atoms with Crippen LogP contribution in [0.15, 0.2) is 42.5 Å². The summed E-state index contributed by atoms with van der Waals surface area (Å²) in [6.07, 6.45) is 0. The summed E-state index contributed by atoms with van der Waals surface area (Å²) in [5, 5.41) is 14.8. The number of nitrogens with one attached hydrogen (secondary N) is 2. The van der Waals surface area contributed by atoms with E-state index in [1.807, 2.05) is 32.0 Å². The molecular weight excluding hydrogens is 262 g/mol. The number of carbonyl (C=O) groups is 1. The monoisotopic (exact) mass is 279 g/mol. The third-order valence-corrected chi connectivity index (χ3v) is 3.13. The van der Waals surface area contributed by atoms with E-state index < -0.39 is 0 Å². The number of rotatable bonds is 4. The molecule has 0 aliphatic heterocycles. The van der Waals surface area contributed by atoms with Crippen molar-refractivity contribution in [2.24, 2.45) is 0 Å². The Bertz CT molecular complexity index is 684. The molecule has 0 heterocycles. The standard InChI is InChI=1S/C17H17N3O/c1-3-19-16-9-6-14(10-12(16)2)17(21)20-15-7-4-13(11-18)5-8-15/h4-10,19H,3H2,1-2H3,(H,20,21). The Morgan fingerprint density at radius 3 is 2.48 bits per heavy atom. The van der Waals surface area contributed by atoms with E-state index in [2.05, 4.69) is 10.6 Å². The first-order chi connectivity index (χ1) is 10.1. The van der Waals surface area contributed by atoms with Crippen molar-refractivity contribution >= 4 is 17.3 Å². The van der Waals surface area contributed by atoms with Crippen LogP contribution < -0.4 is 10.6 Å². The van der Waals surface area contributed by atoms with Crippen LogP contribution in [0.2, 0.25) is 0 Å². The molecule has 0 saturated carbocycles. The molecule has 0 radical (unpaired) electrons. The lowest BCUT2D eigenvalue weighted by Crippen LogP contribution is -2.12. The molecular formula is C17H17N3O. The van der Waals surface area contributed by atoms with Crippen LogP contribution in [0.3, 0.4) is 0 Å². The molecule has 0 aliphatic rings. The minimum atomic E-state index is -0.161. The van der Waals surface area contributed by atoms with Crippen molar-refractivity contribution in [1.29, 1.82) is 5.26 Å². The highest BCUT2D eigenvalue weighted by atomic mass is 16.1. The van der Waals surface area contributed by atoms with E-state index in [1.54, 1.807) is 30.3 Å². The maximum atomic E-state index is 12.2. The number of aryl methyl sites for hydroxylation is 1. The maximum absolute atomic E-state index is 12.2. The van der Waals surface area contributed by atoms with E-state index in [4.69, 9.17) is 5.26 Å². The second kappa shape index (κ2) is 6.58. The van der Waals surface area contributed by atoms with Gasteiger partial charge in [-0.1, -0.05) is 0 Å². The summed E-state index contributed by atoms with van der Waals surface area (Å²) >= 11 is 0. The van der Waals surface area contributed by atoms with Crippen LogP contribution in [-0.4, -0.2) is 12.5 Å². The molecule has 0 fully saturated rings. The number of nitrogens with zero attached hydrogens (tertiary/aromatic N) is 1. The molecule has 0 aliphatic carbocycles. The van der Waals surface area contributed by atoms with Crippen LogP contribution in [0.1, 0.15) is 28.4 Å². The lowest BCUT2D eigenvalue weighted by Gasteiger charge is -2.10. The fourth-order valence-electron chi connectivity index (χ4n) is 2.03. The highest BCUT2D eigenvalue weighted by molar-refractivity contribution is 6.04. The third-order valence-electron chi connectivity index (χ3n) is 3.13. The molecule has 0 saturated heterocycles. The Labute approximate surface area is 124 Å². The number of hydrogen-bond donors (Lipinski definition) is 2. The van der Waals surface area contributed by atoms with Gasteiger partial charge in [-0.25, -0.2) is 0 Å². The van der Waals surface area contributed by atoms with Crippen LogP contribution in [0.4, 0.5) is 11.4 Å². The zero-order chi connectivity index (χ0) is 15.2. The first kappa shape index (κ1) is 14.6. The summed E-state index contributed by atoms with van der Waals surface area (Å²) in [6.45, 7) is 4.85. The molecule has 2 N–H and O–H groups in total. The Hall–Kier alpha value is -2.80. The molecule has 0 bridgehead atoms. The van der Waals surface area contributed by atoms with E-state index in [9.17, 15) is 4.79 Å². The van der Waals surface area contributed by atoms with Gasteiger partial charge in [-0.2, -0.15) is 5.26 Å². The molecule has 0 spiro atoms. The molecule has 0 aromatic heterocycles. The largest absolute Gasteiger partial charge is 0.385 e. The van der Waals surface area contributed by atoms with Gasteiger partial charge in [0.15, 0.2) is 0 Å². The van der Waals surface area contributed by atoms with Crippen molar-refractivity contribution < 1.29 is 4.79 Å². The van der Waals surface area contributed by atoms with Crippen LogP contribution >= 0.6 is 0 Å². The molecule has 106 valence electrons. The van der Waals surface area contributed by atoms with Crippen molar-refractivity contribution in [3.05, 3.63) is 59.2 Å². The number of amides is 1. The fourth-order valence-corrected chi connectivity index (χ4v) is 2.03. The van der Waals surface area contributed by atoms with Crippen LogP contribution in [0.5, 0.6) is 0 Å². The summed E-state index contributed by atoms with van der Waals surface area (Å²) < 4.78 is 0. The number of benzene rings is 2. The molecule has 4 nitrogen and oxygen atoms in total. The predicted octanol–water partition coefficient (Wildman–Crippen LogP) is 3.55. The van der Waals surface area contributed by atoms with E-state index in [1.165, 1.54) is 0 Å². The molecule has 2 aromatic carbocycles. The molecule has 21 heavy (non-hydrogen) atoms. The van der Waals surface area contributed by atoms with E-state index >= 15 is 0 Å². The Morgan fingerprint density at radius 2 is 1.90 bits per heavy atom. The van der Waals surface area contributed by atoms with Crippen LogP contribution in [0.25, 0.3) is 0 Å². The summed E-state index contributed by atoms with van der Waals surface area (Å²) in [7, 11) is 0. The van der Waals surface area contributed by atoms with Gasteiger partial charge in [0.05, 0.1) is 11.6 Å². The van der Waals surface area contributed by atoms with E-state index in [-0.39, 0.29) is 5.91 Å². The summed E-state index contributed by atoms with van der Waals surface area (Å²) in [4.78, 5) is 12.2. The first-order valence-corrected chi connectivity index (χ1v) is 6.80. The summed E-state index contributed by atoms with van der Waals surface area (Å²) in [5.41, 5.74) is 3.92. The van der Waals surface area contributed by atoms with Crippen molar-refractivity contribution in [2.45, 2.75) is 13.8 Å². The lowest BCUT2D eigenvalue weighted by molar-refractivity contribution is 0.102. The zero-order valence-electron chi connectivity index (χ0n) is 12.1. The van der Waals surface area contributed by atoms with Crippen molar-refractivity contribution in [2.75, 3.05) is 17.2 Å². The van der Waals surface area contributed by atoms with Gasteiger partial charge in [-0.3, -0.25) is 4.79 Å². The summed E-state index contributed by atoms with van der Waals surface area (Å²) in [6, 6.07) is 14.4. The predicted molar refractivity (Wildman–Crippen MR) is 84.5 cm³/mol. The fraction of sp³-hybridized carbons (Fsp3) is 0.176. The summed E-state index contributed by atoms with van der Waals surface area (Å²) in [5.74, 6) is -0.161. The normalized spacial score (nSPS) is 9.76. The van der Waals surface area contributed by atoms with Gasteiger partial charge in [-0.05, 0) is 61.9 Å². The quantitative estimate of drug-likeness (QED) is 0.899. The molecule has 1 amide bonds. The van der Waals surface area contributed by atoms with Gasteiger partial charge in [0.2, 0.25) is 0 Å². The van der Waals surface area contributed by atoms with Crippen molar-refractivity contribution in [3.63, 3.8) is 0 Å². The third kappa shape index (κ3) is 3.61. The molecule has 2 rings (SSSR count). The number of hydrogen-bond acceptors (Lipinski definition) is 3. The lowest BCUT2D eigenvalue weighted by atomic mass is 10.1. The average molecular weight is 279 g/mol. The molecule has 2 aromatic rings. The minimum absolute atomic E-state index is 0.161. The second-order valence-electron chi connectivity index (χ2n) is 4.70. The average Bonchev–Trinajstić information content (AvgIpc) is 2.50. The van der Waals surface area contributed by atoms with Gasteiger partial charge >= 0.3 is 0 Å². The van der Waals surface area contributed by atoms with Gasteiger partial charge < -0.3 is 10.6 Å². The molecule has 0 unspecified atom stereocenters. The highest BCUT2D eigenvalue weighted by Crippen LogP contribution is 2.17. The van der Waals surface area contributed by atoms with Crippen LogP contribution in [-0.2, 0) is 0 Å². The molecule has 0 atom stereocenters. The SMILES string of the molecule is CCNc1ccc(C(=O)Nc2ccc(C#N)cc2)cc1C. The van der Waals surface area contributed by atoms with Crippen LogP contribution in [0, 0.1) is 18.3 Å². The Morgan fingerprint density at radius 1 is 1.19 bits per heavy atom. The number of anilines is 2.